The second-order valence-electron chi connectivity index (χ2n) is 4.69. The van der Waals surface area contributed by atoms with Crippen LogP contribution in [0, 0.1) is 0 Å². The molecule has 0 saturated heterocycles. The molecule has 1 heterocycles. The fourth-order valence-electron chi connectivity index (χ4n) is 2.39. The molecule has 0 saturated carbocycles. The lowest BCUT2D eigenvalue weighted by Crippen LogP contribution is -1.98. The van der Waals surface area contributed by atoms with E-state index in [2.05, 4.69) is 51.0 Å². The van der Waals surface area contributed by atoms with Crippen LogP contribution in [0.4, 0.5) is 5.69 Å². The highest BCUT2D eigenvalue weighted by atomic mass is 79.9. The van der Waals surface area contributed by atoms with Crippen LogP contribution in [0.1, 0.15) is 5.56 Å². The lowest BCUT2D eigenvalue weighted by Gasteiger charge is -2.09. The SMILES string of the molecule is COc1ccc(Cn2ccc3c(N)cccc32)cc1Br. The summed E-state index contributed by atoms with van der Waals surface area (Å²) >= 11 is 3.52. The average Bonchev–Trinajstić information content (AvgIpc) is 2.84. The number of nitrogens with zero attached hydrogens (tertiary/aromatic N) is 1. The van der Waals surface area contributed by atoms with Crippen LogP contribution in [-0.4, -0.2) is 11.7 Å². The van der Waals surface area contributed by atoms with Crippen molar-refractivity contribution in [2.75, 3.05) is 12.8 Å². The highest BCUT2D eigenvalue weighted by Crippen LogP contribution is 2.27. The molecule has 0 aliphatic heterocycles. The van der Waals surface area contributed by atoms with Gasteiger partial charge in [0.2, 0.25) is 0 Å². The summed E-state index contributed by atoms with van der Waals surface area (Å²) in [4.78, 5) is 0. The summed E-state index contributed by atoms with van der Waals surface area (Å²) < 4.78 is 8.41. The number of ether oxygens (including phenoxy) is 1. The topological polar surface area (TPSA) is 40.2 Å². The van der Waals surface area contributed by atoms with Gasteiger partial charge in [0.25, 0.3) is 0 Å². The molecule has 2 N–H and O–H groups in total. The van der Waals surface area contributed by atoms with E-state index in [0.29, 0.717) is 0 Å². The van der Waals surface area contributed by atoms with Crippen LogP contribution < -0.4 is 10.5 Å². The Balaban J connectivity index is 1.97. The van der Waals surface area contributed by atoms with Crippen molar-refractivity contribution in [3.8, 4) is 5.75 Å². The highest BCUT2D eigenvalue weighted by Gasteiger charge is 2.06. The van der Waals surface area contributed by atoms with Gasteiger partial charge in [0, 0.05) is 23.8 Å². The van der Waals surface area contributed by atoms with Gasteiger partial charge in [-0.05, 0) is 51.8 Å². The number of aromatic nitrogens is 1. The fourth-order valence-corrected chi connectivity index (χ4v) is 2.98. The van der Waals surface area contributed by atoms with Crippen molar-refractivity contribution in [2.45, 2.75) is 6.54 Å². The first-order chi connectivity index (χ1) is 9.69. The van der Waals surface area contributed by atoms with E-state index < -0.39 is 0 Å². The number of fused-ring (bicyclic) bond motifs is 1. The van der Waals surface area contributed by atoms with Crippen LogP contribution in [-0.2, 0) is 6.54 Å². The van der Waals surface area contributed by atoms with E-state index >= 15 is 0 Å². The zero-order valence-corrected chi connectivity index (χ0v) is 12.7. The third kappa shape index (κ3) is 2.27. The monoisotopic (exact) mass is 330 g/mol. The number of nitrogens with two attached hydrogens (primary N) is 1. The Morgan fingerprint density at radius 3 is 2.80 bits per heavy atom. The maximum Gasteiger partial charge on any atom is 0.133 e. The molecule has 0 unspecified atom stereocenters. The standard InChI is InChI=1S/C16H15BrN2O/c1-20-16-6-5-11(9-13(16)17)10-19-8-7-12-14(18)3-2-4-15(12)19/h2-9H,10,18H2,1H3. The lowest BCUT2D eigenvalue weighted by molar-refractivity contribution is 0.412. The number of methoxy groups -OCH3 is 1. The number of halogens is 1. The second-order valence-corrected chi connectivity index (χ2v) is 5.55. The molecule has 0 atom stereocenters. The first kappa shape index (κ1) is 13.1. The predicted molar refractivity (Wildman–Crippen MR) is 86.1 cm³/mol. The minimum atomic E-state index is 0.801. The molecule has 0 amide bonds. The second kappa shape index (κ2) is 5.21. The van der Waals surface area contributed by atoms with E-state index in [1.165, 1.54) is 5.56 Å². The molecule has 0 bridgehead atoms. The maximum atomic E-state index is 5.99. The number of rotatable bonds is 3. The van der Waals surface area contributed by atoms with Gasteiger partial charge in [0.05, 0.1) is 17.1 Å². The Labute approximate surface area is 126 Å². The Hall–Kier alpha value is -1.94. The quantitative estimate of drug-likeness (QED) is 0.736. The van der Waals surface area contributed by atoms with Crippen molar-refractivity contribution in [3.05, 3.63) is 58.7 Å². The van der Waals surface area contributed by atoms with Crippen LogP contribution in [0.25, 0.3) is 10.9 Å². The summed E-state index contributed by atoms with van der Waals surface area (Å²) in [5.41, 5.74) is 9.16. The zero-order valence-electron chi connectivity index (χ0n) is 11.1. The molecule has 2 aromatic carbocycles. The van der Waals surface area contributed by atoms with Crippen LogP contribution in [0.15, 0.2) is 53.1 Å². The van der Waals surface area contributed by atoms with E-state index in [9.17, 15) is 0 Å². The van der Waals surface area contributed by atoms with E-state index in [4.69, 9.17) is 10.5 Å². The number of hydrogen-bond donors (Lipinski definition) is 1. The Morgan fingerprint density at radius 1 is 1.20 bits per heavy atom. The van der Waals surface area contributed by atoms with E-state index in [1.807, 2.05) is 18.2 Å². The van der Waals surface area contributed by atoms with Gasteiger partial charge in [-0.3, -0.25) is 0 Å². The normalized spacial score (nSPS) is 10.9. The third-order valence-corrected chi connectivity index (χ3v) is 4.04. The van der Waals surface area contributed by atoms with Crippen LogP contribution in [0.5, 0.6) is 5.75 Å². The van der Waals surface area contributed by atoms with Crippen molar-refractivity contribution in [3.63, 3.8) is 0 Å². The minimum Gasteiger partial charge on any atom is -0.496 e. The zero-order chi connectivity index (χ0) is 14.1. The molecule has 0 fully saturated rings. The number of benzene rings is 2. The Bertz CT molecular complexity index is 764. The van der Waals surface area contributed by atoms with E-state index in [-0.39, 0.29) is 0 Å². The Kier molecular flexibility index (Phi) is 3.40. The van der Waals surface area contributed by atoms with E-state index in [0.717, 1.165) is 33.4 Å². The summed E-state index contributed by atoms with van der Waals surface area (Å²) in [5, 5.41) is 1.10. The molecular formula is C16H15BrN2O. The molecule has 102 valence electrons. The van der Waals surface area contributed by atoms with Crippen LogP contribution in [0.2, 0.25) is 0 Å². The smallest absolute Gasteiger partial charge is 0.133 e. The van der Waals surface area contributed by atoms with Gasteiger partial charge in [-0.15, -0.1) is 0 Å². The fraction of sp³-hybridized carbons (Fsp3) is 0.125. The molecule has 0 radical (unpaired) electrons. The molecule has 3 nitrogen and oxygen atoms in total. The van der Waals surface area contributed by atoms with Crippen molar-refractivity contribution in [1.29, 1.82) is 0 Å². The van der Waals surface area contributed by atoms with Gasteiger partial charge in [-0.1, -0.05) is 12.1 Å². The summed E-state index contributed by atoms with van der Waals surface area (Å²) in [6.07, 6.45) is 2.07. The molecule has 3 aromatic rings. The molecule has 0 spiro atoms. The number of hydrogen-bond acceptors (Lipinski definition) is 2. The summed E-state index contributed by atoms with van der Waals surface area (Å²) in [7, 11) is 1.67. The molecule has 0 aliphatic carbocycles. The summed E-state index contributed by atoms with van der Waals surface area (Å²) in [6.45, 7) is 0.801. The van der Waals surface area contributed by atoms with Gasteiger partial charge in [-0.25, -0.2) is 0 Å². The molecule has 0 aliphatic rings. The molecule has 20 heavy (non-hydrogen) atoms. The van der Waals surface area contributed by atoms with Crippen molar-refractivity contribution in [2.24, 2.45) is 0 Å². The van der Waals surface area contributed by atoms with Crippen LogP contribution in [0.3, 0.4) is 0 Å². The first-order valence-electron chi connectivity index (χ1n) is 6.35. The number of nitrogen functional groups attached to an aromatic ring is 1. The average molecular weight is 331 g/mol. The van der Waals surface area contributed by atoms with Crippen LogP contribution >= 0.6 is 15.9 Å². The molecule has 1 aromatic heterocycles. The predicted octanol–water partition coefficient (Wildman–Crippen LogP) is 4.04. The van der Waals surface area contributed by atoms with Gasteiger partial charge in [-0.2, -0.15) is 0 Å². The minimum absolute atomic E-state index is 0.801. The molecule has 3 rings (SSSR count). The van der Waals surface area contributed by atoms with Gasteiger partial charge in [0.1, 0.15) is 5.75 Å². The third-order valence-electron chi connectivity index (χ3n) is 3.42. The first-order valence-corrected chi connectivity index (χ1v) is 7.14. The Morgan fingerprint density at radius 2 is 2.05 bits per heavy atom. The van der Waals surface area contributed by atoms with Gasteiger partial charge >= 0.3 is 0 Å². The highest BCUT2D eigenvalue weighted by molar-refractivity contribution is 9.10. The maximum absolute atomic E-state index is 5.99. The van der Waals surface area contributed by atoms with Gasteiger partial charge in [0.15, 0.2) is 0 Å². The van der Waals surface area contributed by atoms with E-state index in [1.54, 1.807) is 7.11 Å². The summed E-state index contributed by atoms with van der Waals surface area (Å²) in [6, 6.07) is 14.2. The largest absolute Gasteiger partial charge is 0.496 e. The van der Waals surface area contributed by atoms with Crippen molar-refractivity contribution < 1.29 is 4.74 Å². The molecule has 4 heteroatoms. The summed E-state index contributed by atoms with van der Waals surface area (Å²) in [5.74, 6) is 0.843. The van der Waals surface area contributed by atoms with Crippen molar-refractivity contribution >= 4 is 32.5 Å². The number of anilines is 1. The van der Waals surface area contributed by atoms with Gasteiger partial charge < -0.3 is 15.0 Å². The molecular weight excluding hydrogens is 316 g/mol. The lowest BCUT2D eigenvalue weighted by atomic mass is 10.2. The van der Waals surface area contributed by atoms with Crippen molar-refractivity contribution in [1.82, 2.24) is 4.57 Å².